The maximum Gasteiger partial charge on any atom is 0.143 e. The number of hydrogen-bond acceptors (Lipinski definition) is 1. The Bertz CT molecular complexity index is 3550. The number of para-hydroxylation sites is 1. The molecule has 0 aliphatic heterocycles. The van der Waals surface area contributed by atoms with E-state index in [0.717, 1.165) is 0 Å². The molecule has 0 aliphatic carbocycles. The Kier molecular flexibility index (Phi) is 2.90. The van der Waals surface area contributed by atoms with Crippen molar-refractivity contribution in [2.24, 2.45) is 0 Å². The summed E-state index contributed by atoms with van der Waals surface area (Å²) in [5.41, 5.74) is -2.69. The van der Waals surface area contributed by atoms with Crippen molar-refractivity contribution in [2.75, 3.05) is 0 Å². The Morgan fingerprint density at radius 3 is 1.56 bits per heavy atom. The standard InChI is InChI=1S/C44H28O/c1-3-13-29(14-4-1)31-17-11-18-32(27-31)42-35-19-7-9-21-37(35)43(38-22-10-8-20-36(38)42)33-25-26-41-40(28-33)39-24-12-23-34(44(39)45-41)30-15-5-2-6-16-30/h1-28H/i1D,2D,3D,4D,5D,6D,11D,12D,13D,14D,15D,16D,17D,18D,23D,24D,25D,26D,27D,28D. The van der Waals surface area contributed by atoms with Crippen molar-refractivity contribution in [2.45, 2.75) is 0 Å². The van der Waals surface area contributed by atoms with Gasteiger partial charge in [0.25, 0.3) is 0 Å². The van der Waals surface area contributed by atoms with E-state index in [1.54, 1.807) is 48.5 Å². The molecular weight excluding hydrogens is 544 g/mol. The fraction of sp³-hybridized carbons (Fsp3) is 0. The summed E-state index contributed by atoms with van der Waals surface area (Å²) < 4.78 is 182. The molecule has 0 unspecified atom stereocenters. The van der Waals surface area contributed by atoms with Crippen molar-refractivity contribution >= 4 is 43.5 Å². The minimum Gasteiger partial charge on any atom is -0.455 e. The van der Waals surface area contributed by atoms with Crippen LogP contribution in [-0.2, 0) is 0 Å². The lowest BCUT2D eigenvalue weighted by Crippen LogP contribution is -1.91. The zero-order valence-corrected chi connectivity index (χ0v) is 23.0. The van der Waals surface area contributed by atoms with E-state index in [1.165, 1.54) is 0 Å². The molecular formula is C44H28O. The second-order valence-electron chi connectivity index (χ2n) is 10.1. The highest BCUT2D eigenvalue weighted by atomic mass is 16.3. The van der Waals surface area contributed by atoms with Crippen LogP contribution in [0.2, 0.25) is 0 Å². The first-order valence-corrected chi connectivity index (χ1v) is 13.8. The Morgan fingerprint density at radius 1 is 0.378 bits per heavy atom. The third kappa shape index (κ3) is 4.17. The van der Waals surface area contributed by atoms with Crippen LogP contribution in [0.1, 0.15) is 27.4 Å². The van der Waals surface area contributed by atoms with Gasteiger partial charge in [0.05, 0.1) is 27.4 Å². The lowest BCUT2D eigenvalue weighted by Gasteiger charge is -2.18. The molecule has 45 heavy (non-hydrogen) atoms. The largest absolute Gasteiger partial charge is 0.455 e. The molecule has 0 aliphatic rings. The zero-order valence-electron chi connectivity index (χ0n) is 43.0. The van der Waals surface area contributed by atoms with Gasteiger partial charge in [-0.1, -0.05) is 151 Å². The quantitative estimate of drug-likeness (QED) is 0.185. The van der Waals surface area contributed by atoms with E-state index in [1.807, 2.05) is 0 Å². The molecule has 0 N–H and O–H groups in total. The summed E-state index contributed by atoms with van der Waals surface area (Å²) in [4.78, 5) is 0. The Hall–Kier alpha value is -5.92. The van der Waals surface area contributed by atoms with Gasteiger partial charge in [0.1, 0.15) is 11.2 Å². The lowest BCUT2D eigenvalue weighted by molar-refractivity contribution is 0.670. The maximum atomic E-state index is 9.79. The Labute approximate surface area is 289 Å². The van der Waals surface area contributed by atoms with Gasteiger partial charge in [-0.15, -0.1) is 0 Å². The van der Waals surface area contributed by atoms with E-state index < -0.39 is 154 Å². The fourth-order valence-corrected chi connectivity index (χ4v) is 5.73. The van der Waals surface area contributed by atoms with E-state index in [0.29, 0.717) is 21.5 Å². The van der Waals surface area contributed by atoms with Crippen LogP contribution in [0.4, 0.5) is 0 Å². The number of hydrogen-bond donors (Lipinski definition) is 0. The van der Waals surface area contributed by atoms with Crippen LogP contribution in [0, 0.1) is 0 Å². The van der Waals surface area contributed by atoms with Crippen LogP contribution >= 0.6 is 0 Å². The Balaban J connectivity index is 1.43. The molecule has 0 bridgehead atoms. The first-order valence-electron chi connectivity index (χ1n) is 23.8. The van der Waals surface area contributed by atoms with Gasteiger partial charge in [0, 0.05) is 16.3 Å². The summed E-state index contributed by atoms with van der Waals surface area (Å²) in [7, 11) is 0. The maximum absolute atomic E-state index is 9.79. The second-order valence-corrected chi connectivity index (χ2v) is 10.1. The molecule has 9 rings (SSSR count). The summed E-state index contributed by atoms with van der Waals surface area (Å²) in [5, 5.41) is 0.706. The van der Waals surface area contributed by atoms with Crippen LogP contribution in [-0.4, -0.2) is 0 Å². The third-order valence-electron chi connectivity index (χ3n) is 7.62. The van der Waals surface area contributed by atoms with Crippen molar-refractivity contribution in [3.8, 4) is 44.5 Å². The normalized spacial score (nSPS) is 17.8. The van der Waals surface area contributed by atoms with Gasteiger partial charge in [-0.2, -0.15) is 0 Å². The van der Waals surface area contributed by atoms with Crippen LogP contribution in [0.5, 0.6) is 0 Å². The highest BCUT2D eigenvalue weighted by Crippen LogP contribution is 2.45. The van der Waals surface area contributed by atoms with Gasteiger partial charge < -0.3 is 4.42 Å². The molecule has 1 heteroatoms. The minimum absolute atomic E-state index is 0.158. The van der Waals surface area contributed by atoms with E-state index in [-0.39, 0.29) is 33.0 Å². The number of benzene rings is 8. The molecule has 0 fully saturated rings. The van der Waals surface area contributed by atoms with Gasteiger partial charge in [-0.05, 0) is 78.6 Å². The minimum atomic E-state index is -0.735. The topological polar surface area (TPSA) is 13.1 Å². The van der Waals surface area contributed by atoms with Crippen LogP contribution < -0.4 is 0 Å². The van der Waals surface area contributed by atoms with Crippen LogP contribution in [0.3, 0.4) is 0 Å². The molecule has 1 aromatic heterocycles. The molecule has 0 radical (unpaired) electrons. The average molecular weight is 593 g/mol. The summed E-state index contributed by atoms with van der Waals surface area (Å²) in [6.07, 6.45) is 0. The molecule has 8 aromatic carbocycles. The summed E-state index contributed by atoms with van der Waals surface area (Å²) >= 11 is 0. The van der Waals surface area contributed by atoms with Gasteiger partial charge in [0.15, 0.2) is 0 Å². The SMILES string of the molecule is [2H]c1c([2H])c([2H])c(-c2c([2H])c([2H])c([2H])c(-c3c4ccccc4c(-c4c([2H])c([2H])c5oc6c(-c7c([2H])c([2H])c([2H])c([2H])c7[2H])c([2H])c([2H])c([2H])c6c5c4[2H])c4ccccc34)c2[2H])c([2H])c1[2H]. The second kappa shape index (κ2) is 10.4. The van der Waals surface area contributed by atoms with E-state index in [4.69, 9.17) is 25.0 Å². The summed E-state index contributed by atoms with van der Waals surface area (Å²) in [6.45, 7) is 0. The lowest BCUT2D eigenvalue weighted by atomic mass is 9.85. The van der Waals surface area contributed by atoms with Crippen molar-refractivity contribution in [1.82, 2.24) is 0 Å². The molecule has 0 spiro atoms. The van der Waals surface area contributed by atoms with Crippen molar-refractivity contribution in [1.29, 1.82) is 0 Å². The van der Waals surface area contributed by atoms with Crippen molar-refractivity contribution < 1.29 is 31.8 Å². The molecule has 0 amide bonds. The van der Waals surface area contributed by atoms with E-state index >= 15 is 0 Å². The zero-order chi connectivity index (χ0) is 47.1. The average Bonchev–Trinajstić information content (AvgIpc) is 3.70. The van der Waals surface area contributed by atoms with Crippen molar-refractivity contribution in [3.63, 3.8) is 0 Å². The van der Waals surface area contributed by atoms with Gasteiger partial charge >= 0.3 is 0 Å². The summed E-state index contributed by atoms with van der Waals surface area (Å²) in [6, 6.07) is -0.269. The first kappa shape index (κ1) is 12.6. The fourth-order valence-electron chi connectivity index (χ4n) is 5.73. The van der Waals surface area contributed by atoms with Gasteiger partial charge in [-0.25, -0.2) is 0 Å². The predicted molar refractivity (Wildman–Crippen MR) is 190 cm³/mol. The number of fused-ring (bicyclic) bond motifs is 5. The number of furan rings is 1. The van der Waals surface area contributed by atoms with Crippen molar-refractivity contribution in [3.05, 3.63) is 169 Å². The predicted octanol–water partition coefficient (Wildman–Crippen LogP) is 12.6. The molecule has 0 saturated carbocycles. The third-order valence-corrected chi connectivity index (χ3v) is 7.62. The molecule has 1 heterocycles. The van der Waals surface area contributed by atoms with Gasteiger partial charge in [0.2, 0.25) is 0 Å². The summed E-state index contributed by atoms with van der Waals surface area (Å²) in [5.74, 6) is 0. The van der Waals surface area contributed by atoms with Crippen LogP contribution in [0.25, 0.3) is 88.0 Å². The number of rotatable bonds is 4. The van der Waals surface area contributed by atoms with Gasteiger partial charge in [-0.3, -0.25) is 0 Å². The molecule has 210 valence electrons. The molecule has 0 atom stereocenters. The van der Waals surface area contributed by atoms with E-state index in [9.17, 15) is 6.85 Å². The van der Waals surface area contributed by atoms with E-state index in [2.05, 4.69) is 0 Å². The smallest absolute Gasteiger partial charge is 0.143 e. The highest BCUT2D eigenvalue weighted by molar-refractivity contribution is 6.22. The first-order chi connectivity index (χ1) is 30.7. The Morgan fingerprint density at radius 2 is 0.911 bits per heavy atom. The highest BCUT2D eigenvalue weighted by Gasteiger charge is 2.19. The molecule has 1 nitrogen and oxygen atoms in total. The molecule has 9 aromatic rings. The molecule has 0 saturated heterocycles. The monoisotopic (exact) mass is 592 g/mol. The van der Waals surface area contributed by atoms with Crippen LogP contribution in [0.15, 0.2) is 174 Å².